The van der Waals surface area contributed by atoms with Crippen molar-refractivity contribution in [2.45, 2.75) is 51.5 Å². The molecule has 5 rings (SSSR count). The smallest absolute Gasteiger partial charge is 0.251 e. The zero-order valence-corrected chi connectivity index (χ0v) is 14.8. The van der Waals surface area contributed by atoms with E-state index < -0.39 is 0 Å². The van der Waals surface area contributed by atoms with Gasteiger partial charge in [-0.1, -0.05) is 6.92 Å². The van der Waals surface area contributed by atoms with Crippen molar-refractivity contribution in [1.29, 1.82) is 0 Å². The van der Waals surface area contributed by atoms with Gasteiger partial charge in [0.1, 0.15) is 0 Å². The number of hydrogen-bond acceptors (Lipinski definition) is 4. The summed E-state index contributed by atoms with van der Waals surface area (Å²) in [5, 5.41) is 12.1. The van der Waals surface area contributed by atoms with Crippen LogP contribution in [-0.2, 0) is 19.4 Å². The fraction of sp³-hybridized carbons (Fsp3) is 0.450. The summed E-state index contributed by atoms with van der Waals surface area (Å²) < 4.78 is 5.60. The topological polar surface area (TPSA) is 83.8 Å². The van der Waals surface area contributed by atoms with Crippen LogP contribution < -0.4 is 5.32 Å². The van der Waals surface area contributed by atoms with Crippen LogP contribution in [0.2, 0.25) is 0 Å². The number of H-pyrrole nitrogens is 1. The van der Waals surface area contributed by atoms with Crippen molar-refractivity contribution in [3.8, 4) is 0 Å². The van der Waals surface area contributed by atoms with E-state index in [0.717, 1.165) is 31.2 Å². The van der Waals surface area contributed by atoms with Crippen molar-refractivity contribution >= 4 is 16.8 Å². The van der Waals surface area contributed by atoms with Crippen LogP contribution in [0.15, 0.2) is 22.6 Å². The molecule has 0 bridgehead atoms. The third-order valence-electron chi connectivity index (χ3n) is 5.51. The van der Waals surface area contributed by atoms with Gasteiger partial charge in [-0.15, -0.1) is 10.2 Å². The van der Waals surface area contributed by atoms with Gasteiger partial charge in [0, 0.05) is 28.1 Å². The first-order valence-electron chi connectivity index (χ1n) is 9.41. The second kappa shape index (κ2) is 5.97. The SMILES string of the molecule is CC1CCc2[nH]c3ccc(C(=O)NCc4nnc(C5CC5)o4)cc3c2C1. The normalized spacial score (nSPS) is 19.5. The van der Waals surface area contributed by atoms with E-state index in [1.807, 2.05) is 18.2 Å². The van der Waals surface area contributed by atoms with E-state index in [0.29, 0.717) is 29.2 Å². The molecule has 2 N–H and O–H groups in total. The third kappa shape index (κ3) is 2.79. The summed E-state index contributed by atoms with van der Waals surface area (Å²) in [6, 6.07) is 5.87. The fourth-order valence-electron chi connectivity index (χ4n) is 3.82. The highest BCUT2D eigenvalue weighted by Crippen LogP contribution is 2.39. The molecule has 6 nitrogen and oxygen atoms in total. The Bertz CT molecular complexity index is 983. The largest absolute Gasteiger partial charge is 0.423 e. The van der Waals surface area contributed by atoms with Crippen molar-refractivity contribution in [3.63, 3.8) is 0 Å². The number of hydrogen-bond donors (Lipinski definition) is 2. The maximum Gasteiger partial charge on any atom is 0.251 e. The summed E-state index contributed by atoms with van der Waals surface area (Å²) in [4.78, 5) is 16.1. The number of aromatic nitrogens is 3. The Morgan fingerprint density at radius 3 is 3.04 bits per heavy atom. The molecule has 0 spiro atoms. The van der Waals surface area contributed by atoms with Crippen molar-refractivity contribution in [2.24, 2.45) is 5.92 Å². The molecule has 1 unspecified atom stereocenters. The summed E-state index contributed by atoms with van der Waals surface area (Å²) >= 11 is 0. The Morgan fingerprint density at radius 1 is 1.31 bits per heavy atom. The van der Waals surface area contributed by atoms with E-state index in [-0.39, 0.29) is 12.5 Å². The molecule has 0 aliphatic heterocycles. The number of rotatable bonds is 4. The van der Waals surface area contributed by atoms with Crippen molar-refractivity contribution in [1.82, 2.24) is 20.5 Å². The van der Waals surface area contributed by atoms with Crippen LogP contribution in [0.25, 0.3) is 10.9 Å². The first kappa shape index (κ1) is 15.6. The highest BCUT2D eigenvalue weighted by molar-refractivity contribution is 5.99. The number of aryl methyl sites for hydroxylation is 1. The van der Waals surface area contributed by atoms with Gasteiger partial charge in [-0.25, -0.2) is 0 Å². The molecule has 2 aliphatic carbocycles. The summed E-state index contributed by atoms with van der Waals surface area (Å²) in [7, 11) is 0. The number of amides is 1. The Morgan fingerprint density at radius 2 is 2.19 bits per heavy atom. The number of nitrogens with zero attached hydrogens (tertiary/aromatic N) is 2. The van der Waals surface area contributed by atoms with Crippen LogP contribution in [0, 0.1) is 5.92 Å². The maximum atomic E-state index is 12.6. The molecular formula is C20H22N4O2. The second-order valence-corrected chi connectivity index (χ2v) is 7.68. The number of carbonyl (C=O) groups excluding carboxylic acids is 1. The Hall–Kier alpha value is -2.63. The average molecular weight is 350 g/mol. The molecule has 26 heavy (non-hydrogen) atoms. The van der Waals surface area contributed by atoms with Gasteiger partial charge in [-0.05, 0) is 61.8 Å². The second-order valence-electron chi connectivity index (χ2n) is 7.68. The number of nitrogens with one attached hydrogen (secondary N) is 2. The van der Waals surface area contributed by atoms with Gasteiger partial charge in [-0.3, -0.25) is 4.79 Å². The number of carbonyl (C=O) groups is 1. The molecule has 0 saturated heterocycles. The van der Waals surface area contributed by atoms with Gasteiger partial charge < -0.3 is 14.7 Å². The molecule has 3 aromatic rings. The number of fused-ring (bicyclic) bond motifs is 3. The molecular weight excluding hydrogens is 328 g/mol. The van der Waals surface area contributed by atoms with Gasteiger partial charge in [0.15, 0.2) is 0 Å². The molecule has 2 heterocycles. The number of benzene rings is 1. The van der Waals surface area contributed by atoms with E-state index >= 15 is 0 Å². The van der Waals surface area contributed by atoms with Crippen LogP contribution >= 0.6 is 0 Å². The summed E-state index contributed by atoms with van der Waals surface area (Å²) in [6.07, 6.45) is 5.63. The van der Waals surface area contributed by atoms with Gasteiger partial charge in [0.2, 0.25) is 11.8 Å². The van der Waals surface area contributed by atoms with Crippen molar-refractivity contribution < 1.29 is 9.21 Å². The predicted molar refractivity (Wildman–Crippen MR) is 96.9 cm³/mol. The van der Waals surface area contributed by atoms with Gasteiger partial charge in [0.25, 0.3) is 5.91 Å². The first-order valence-corrected chi connectivity index (χ1v) is 9.41. The van der Waals surface area contributed by atoms with Crippen LogP contribution in [0.4, 0.5) is 0 Å². The molecule has 1 aromatic carbocycles. The minimum atomic E-state index is -0.114. The summed E-state index contributed by atoms with van der Waals surface area (Å²) in [5.74, 6) is 2.17. The lowest BCUT2D eigenvalue weighted by atomic mass is 9.87. The van der Waals surface area contributed by atoms with Gasteiger partial charge >= 0.3 is 0 Å². The molecule has 6 heteroatoms. The van der Waals surface area contributed by atoms with Crippen LogP contribution in [0.5, 0.6) is 0 Å². The number of aromatic amines is 1. The third-order valence-corrected chi connectivity index (χ3v) is 5.51. The lowest BCUT2D eigenvalue weighted by Crippen LogP contribution is -2.22. The Balaban J connectivity index is 1.34. The predicted octanol–water partition coefficient (Wildman–Crippen LogP) is 3.48. The molecule has 2 aliphatic rings. The highest BCUT2D eigenvalue weighted by atomic mass is 16.4. The van der Waals surface area contributed by atoms with E-state index in [1.54, 1.807) is 0 Å². The van der Waals surface area contributed by atoms with Crippen LogP contribution in [0.1, 0.15) is 65.5 Å². The van der Waals surface area contributed by atoms with Crippen molar-refractivity contribution in [2.75, 3.05) is 0 Å². The van der Waals surface area contributed by atoms with Gasteiger partial charge in [-0.2, -0.15) is 0 Å². The highest BCUT2D eigenvalue weighted by Gasteiger charge is 2.29. The van der Waals surface area contributed by atoms with E-state index in [9.17, 15) is 4.79 Å². The molecule has 1 fully saturated rings. The lowest BCUT2D eigenvalue weighted by molar-refractivity contribution is 0.0947. The standard InChI is InChI=1S/C20H22N4O2/c1-11-2-6-16-14(8-11)15-9-13(5-7-17(15)22-16)19(25)21-10-18-23-24-20(26-18)12-3-4-12/h5,7,9,11-12,22H,2-4,6,8,10H2,1H3,(H,21,25). The minimum Gasteiger partial charge on any atom is -0.423 e. The Labute approximate surface area is 151 Å². The monoisotopic (exact) mass is 350 g/mol. The lowest BCUT2D eigenvalue weighted by Gasteiger charge is -2.18. The molecule has 134 valence electrons. The Kier molecular flexibility index (Phi) is 3.58. The van der Waals surface area contributed by atoms with Crippen LogP contribution in [0.3, 0.4) is 0 Å². The van der Waals surface area contributed by atoms with Crippen molar-refractivity contribution in [3.05, 3.63) is 46.8 Å². The van der Waals surface area contributed by atoms with Gasteiger partial charge in [0.05, 0.1) is 6.54 Å². The molecule has 1 saturated carbocycles. The van der Waals surface area contributed by atoms with E-state index in [1.165, 1.54) is 23.1 Å². The zero-order chi connectivity index (χ0) is 17.7. The molecule has 0 radical (unpaired) electrons. The van der Waals surface area contributed by atoms with E-state index in [2.05, 4.69) is 27.4 Å². The molecule has 1 atom stereocenters. The zero-order valence-electron chi connectivity index (χ0n) is 14.8. The quantitative estimate of drug-likeness (QED) is 0.754. The summed E-state index contributed by atoms with van der Waals surface area (Å²) in [6.45, 7) is 2.55. The summed E-state index contributed by atoms with van der Waals surface area (Å²) in [5.41, 5.74) is 4.49. The maximum absolute atomic E-state index is 12.6. The fourth-order valence-corrected chi connectivity index (χ4v) is 3.82. The molecule has 2 aromatic heterocycles. The van der Waals surface area contributed by atoms with E-state index in [4.69, 9.17) is 4.42 Å². The molecule has 1 amide bonds. The van der Waals surface area contributed by atoms with Crippen LogP contribution in [-0.4, -0.2) is 21.1 Å². The minimum absolute atomic E-state index is 0.114. The average Bonchev–Trinajstić information content (AvgIpc) is 3.28. The first-order chi connectivity index (χ1) is 12.7.